The van der Waals surface area contributed by atoms with Crippen LogP contribution in [0.5, 0.6) is 0 Å². The van der Waals surface area contributed by atoms with E-state index in [9.17, 15) is 8.78 Å². The highest BCUT2D eigenvalue weighted by Crippen LogP contribution is 2.32. The first kappa shape index (κ1) is 10.4. The Kier molecular flexibility index (Phi) is 2.86. The van der Waals surface area contributed by atoms with Gasteiger partial charge in [-0.05, 0) is 30.9 Å². The summed E-state index contributed by atoms with van der Waals surface area (Å²) in [6, 6.07) is 2.48. The van der Waals surface area contributed by atoms with Gasteiger partial charge in [0.2, 0.25) is 0 Å². The van der Waals surface area contributed by atoms with E-state index in [0.29, 0.717) is 26.1 Å². The topological polar surface area (TPSA) is 35.2 Å². The summed E-state index contributed by atoms with van der Waals surface area (Å²) in [4.78, 5) is 0. The van der Waals surface area contributed by atoms with E-state index in [1.54, 1.807) is 0 Å². The minimum absolute atomic E-state index is 0.0119. The number of nitrogens with two attached hydrogens (primary N) is 1. The summed E-state index contributed by atoms with van der Waals surface area (Å²) < 4.78 is 32.3. The van der Waals surface area contributed by atoms with Crippen LogP contribution in [0.3, 0.4) is 0 Å². The Balaban J connectivity index is 2.36. The van der Waals surface area contributed by atoms with E-state index in [-0.39, 0.29) is 17.2 Å². The Bertz CT molecular complexity index is 362. The molecule has 1 fully saturated rings. The molecular weight excluding hydrogens is 200 g/mol. The van der Waals surface area contributed by atoms with Gasteiger partial charge in [-0.3, -0.25) is 0 Å². The largest absolute Gasteiger partial charge is 0.396 e. The van der Waals surface area contributed by atoms with Gasteiger partial charge >= 0.3 is 0 Å². The first-order chi connectivity index (χ1) is 7.20. The van der Waals surface area contributed by atoms with Crippen LogP contribution in [0.2, 0.25) is 0 Å². The number of hydrogen-bond acceptors (Lipinski definition) is 2. The molecule has 2 N–H and O–H groups in total. The van der Waals surface area contributed by atoms with Crippen LogP contribution >= 0.6 is 0 Å². The Morgan fingerprint density at radius 3 is 2.53 bits per heavy atom. The maximum Gasteiger partial charge on any atom is 0.152 e. The molecule has 82 valence electrons. The SMILES string of the molecule is Nc1ccc(F)c(C2CCOCC2)c1F. The molecule has 0 spiro atoms. The number of anilines is 1. The third-order valence-corrected chi connectivity index (χ3v) is 2.79. The first-order valence-corrected chi connectivity index (χ1v) is 5.01. The van der Waals surface area contributed by atoms with E-state index in [1.165, 1.54) is 12.1 Å². The molecular formula is C11H13F2NO. The van der Waals surface area contributed by atoms with Gasteiger partial charge in [0.1, 0.15) is 5.82 Å². The molecule has 1 aliphatic heterocycles. The predicted molar refractivity (Wildman–Crippen MR) is 53.6 cm³/mol. The van der Waals surface area contributed by atoms with E-state index in [2.05, 4.69) is 0 Å². The van der Waals surface area contributed by atoms with E-state index in [4.69, 9.17) is 10.5 Å². The van der Waals surface area contributed by atoms with E-state index in [1.807, 2.05) is 0 Å². The van der Waals surface area contributed by atoms with Crippen LogP contribution in [0.25, 0.3) is 0 Å². The Labute approximate surface area is 87.0 Å². The second-order valence-electron chi connectivity index (χ2n) is 3.75. The maximum atomic E-state index is 13.6. The van der Waals surface area contributed by atoms with Crippen LogP contribution in [-0.2, 0) is 4.74 Å². The van der Waals surface area contributed by atoms with Crippen LogP contribution < -0.4 is 5.73 Å². The fraction of sp³-hybridized carbons (Fsp3) is 0.455. The molecule has 2 nitrogen and oxygen atoms in total. The molecule has 0 saturated carbocycles. The highest BCUT2D eigenvalue weighted by molar-refractivity contribution is 5.44. The summed E-state index contributed by atoms with van der Waals surface area (Å²) in [6.45, 7) is 1.11. The van der Waals surface area contributed by atoms with Crippen LogP contribution in [-0.4, -0.2) is 13.2 Å². The second-order valence-corrected chi connectivity index (χ2v) is 3.75. The Morgan fingerprint density at radius 2 is 1.87 bits per heavy atom. The molecule has 2 rings (SSSR count). The summed E-state index contributed by atoms with van der Waals surface area (Å²) in [5, 5.41) is 0. The van der Waals surface area contributed by atoms with Gasteiger partial charge in [0.25, 0.3) is 0 Å². The Morgan fingerprint density at radius 1 is 1.20 bits per heavy atom. The molecule has 0 bridgehead atoms. The fourth-order valence-electron chi connectivity index (χ4n) is 1.95. The molecule has 0 unspecified atom stereocenters. The Hall–Kier alpha value is -1.16. The standard InChI is InChI=1S/C11H13F2NO/c12-8-1-2-9(14)11(13)10(8)7-3-5-15-6-4-7/h1-2,7H,3-6,14H2. The summed E-state index contributed by atoms with van der Waals surface area (Å²) in [7, 11) is 0. The molecule has 0 amide bonds. The first-order valence-electron chi connectivity index (χ1n) is 5.01. The fourth-order valence-corrected chi connectivity index (χ4v) is 1.95. The molecule has 1 heterocycles. The molecule has 0 aliphatic carbocycles. The second kappa shape index (κ2) is 4.14. The summed E-state index contributed by atoms with van der Waals surface area (Å²) in [5.41, 5.74) is 5.56. The van der Waals surface area contributed by atoms with Crippen LogP contribution in [0.15, 0.2) is 12.1 Å². The number of hydrogen-bond donors (Lipinski definition) is 1. The third-order valence-electron chi connectivity index (χ3n) is 2.79. The number of rotatable bonds is 1. The third kappa shape index (κ3) is 1.95. The highest BCUT2D eigenvalue weighted by Gasteiger charge is 2.23. The van der Waals surface area contributed by atoms with Crippen molar-refractivity contribution >= 4 is 5.69 Å². The van der Waals surface area contributed by atoms with E-state index < -0.39 is 11.6 Å². The molecule has 0 radical (unpaired) electrons. The zero-order valence-electron chi connectivity index (χ0n) is 8.30. The smallest absolute Gasteiger partial charge is 0.152 e. The molecule has 0 aromatic heterocycles. The molecule has 15 heavy (non-hydrogen) atoms. The minimum Gasteiger partial charge on any atom is -0.396 e. The van der Waals surface area contributed by atoms with Gasteiger partial charge < -0.3 is 10.5 Å². The van der Waals surface area contributed by atoms with Gasteiger partial charge in [-0.2, -0.15) is 0 Å². The molecule has 0 atom stereocenters. The van der Waals surface area contributed by atoms with Crippen molar-refractivity contribution in [2.45, 2.75) is 18.8 Å². The lowest BCUT2D eigenvalue weighted by Crippen LogP contribution is -2.17. The van der Waals surface area contributed by atoms with Crippen molar-refractivity contribution < 1.29 is 13.5 Å². The number of halogens is 2. The molecule has 4 heteroatoms. The average molecular weight is 213 g/mol. The quantitative estimate of drug-likeness (QED) is 0.727. The van der Waals surface area contributed by atoms with Crippen molar-refractivity contribution in [3.8, 4) is 0 Å². The van der Waals surface area contributed by atoms with Gasteiger partial charge in [-0.1, -0.05) is 0 Å². The molecule has 1 saturated heterocycles. The lowest BCUT2D eigenvalue weighted by Gasteiger charge is -2.23. The lowest BCUT2D eigenvalue weighted by molar-refractivity contribution is 0.0838. The van der Waals surface area contributed by atoms with Crippen LogP contribution in [0, 0.1) is 11.6 Å². The van der Waals surface area contributed by atoms with Crippen molar-refractivity contribution in [2.75, 3.05) is 18.9 Å². The summed E-state index contributed by atoms with van der Waals surface area (Å²) in [6.07, 6.45) is 1.30. The van der Waals surface area contributed by atoms with E-state index >= 15 is 0 Å². The van der Waals surface area contributed by atoms with E-state index in [0.717, 1.165) is 0 Å². The molecule has 1 aromatic carbocycles. The van der Waals surface area contributed by atoms with Gasteiger partial charge in [-0.25, -0.2) is 8.78 Å². The van der Waals surface area contributed by atoms with Gasteiger partial charge in [0.15, 0.2) is 5.82 Å². The summed E-state index contributed by atoms with van der Waals surface area (Å²) in [5.74, 6) is -1.22. The highest BCUT2D eigenvalue weighted by atomic mass is 19.1. The zero-order chi connectivity index (χ0) is 10.8. The zero-order valence-corrected chi connectivity index (χ0v) is 8.30. The van der Waals surface area contributed by atoms with Crippen molar-refractivity contribution in [1.82, 2.24) is 0 Å². The van der Waals surface area contributed by atoms with Gasteiger partial charge in [0, 0.05) is 18.8 Å². The molecule has 1 aromatic rings. The predicted octanol–water partition coefficient (Wildman–Crippen LogP) is 2.44. The lowest BCUT2D eigenvalue weighted by atomic mass is 9.90. The average Bonchev–Trinajstić information content (AvgIpc) is 2.26. The summed E-state index contributed by atoms with van der Waals surface area (Å²) >= 11 is 0. The van der Waals surface area contributed by atoms with Crippen LogP contribution in [0.1, 0.15) is 24.3 Å². The number of nitrogen functional groups attached to an aromatic ring is 1. The number of benzene rings is 1. The van der Waals surface area contributed by atoms with Crippen molar-refractivity contribution in [1.29, 1.82) is 0 Å². The maximum absolute atomic E-state index is 13.6. The normalized spacial score (nSPS) is 18.0. The molecule has 1 aliphatic rings. The minimum atomic E-state index is -0.609. The number of ether oxygens (including phenoxy) is 1. The van der Waals surface area contributed by atoms with Crippen LogP contribution in [0.4, 0.5) is 14.5 Å². The van der Waals surface area contributed by atoms with Gasteiger partial charge in [0.05, 0.1) is 5.69 Å². The van der Waals surface area contributed by atoms with Crippen molar-refractivity contribution in [3.63, 3.8) is 0 Å². The van der Waals surface area contributed by atoms with Crippen molar-refractivity contribution in [2.24, 2.45) is 0 Å². The van der Waals surface area contributed by atoms with Crippen molar-refractivity contribution in [3.05, 3.63) is 29.3 Å². The monoisotopic (exact) mass is 213 g/mol. The van der Waals surface area contributed by atoms with Gasteiger partial charge in [-0.15, -0.1) is 0 Å².